The Balaban J connectivity index is 1.35. The van der Waals surface area contributed by atoms with E-state index in [0.29, 0.717) is 0 Å². The predicted molar refractivity (Wildman–Crippen MR) is 242 cm³/mol. The molecule has 12 rings (SSSR count). The highest BCUT2D eigenvalue weighted by Crippen LogP contribution is 2.50. The lowest BCUT2D eigenvalue weighted by atomic mass is 9.95. The Kier molecular flexibility index (Phi) is 7.10. The molecule has 12 aromatic rings. The van der Waals surface area contributed by atoms with Crippen LogP contribution < -0.4 is 0 Å². The van der Waals surface area contributed by atoms with Crippen LogP contribution in [-0.4, -0.2) is 14.1 Å². The van der Waals surface area contributed by atoms with Crippen LogP contribution in [0.25, 0.3) is 109 Å². The fourth-order valence-corrected chi connectivity index (χ4v) is 10.3. The van der Waals surface area contributed by atoms with Crippen molar-refractivity contribution in [2.75, 3.05) is 0 Å². The molecule has 0 aliphatic carbocycles. The number of aromatic nitrogens is 3. The Morgan fingerprint density at radius 1 is 0.351 bits per heavy atom. The second-order valence-electron chi connectivity index (χ2n) is 14.7. The maximum absolute atomic E-state index is 5.36. The lowest BCUT2D eigenvalue weighted by Gasteiger charge is -2.22. The Bertz CT molecular complexity index is 3350. The van der Waals surface area contributed by atoms with E-state index in [1.54, 1.807) is 0 Å². The molecule has 0 bridgehead atoms. The van der Waals surface area contributed by atoms with Gasteiger partial charge in [-0.05, 0) is 54.1 Å². The molecule has 0 atom stereocenters. The maximum Gasteiger partial charge on any atom is 0.0796 e. The Morgan fingerprint density at radius 3 is 1.28 bits per heavy atom. The molecule has 0 radical (unpaired) electrons. The number of para-hydroxylation sites is 4. The molecule has 0 unspecified atom stereocenters. The fourth-order valence-electron chi connectivity index (χ4n) is 9.03. The molecule has 3 nitrogen and oxygen atoms in total. The lowest BCUT2D eigenvalue weighted by molar-refractivity contribution is 1.10. The third-order valence-corrected chi connectivity index (χ3v) is 12.7. The summed E-state index contributed by atoms with van der Waals surface area (Å²) in [4.78, 5) is 5.36. The molecule has 0 spiro atoms. The minimum atomic E-state index is 0.941. The fraction of sp³-hybridized carbons (Fsp3) is 0. The van der Waals surface area contributed by atoms with Gasteiger partial charge >= 0.3 is 0 Å². The molecule has 4 heteroatoms. The van der Waals surface area contributed by atoms with Gasteiger partial charge in [0.25, 0.3) is 0 Å². The molecule has 57 heavy (non-hydrogen) atoms. The third-order valence-electron chi connectivity index (χ3n) is 11.5. The van der Waals surface area contributed by atoms with Crippen molar-refractivity contribution in [3.05, 3.63) is 200 Å². The van der Waals surface area contributed by atoms with Crippen molar-refractivity contribution in [2.24, 2.45) is 0 Å². The molecule has 0 aliphatic rings. The van der Waals surface area contributed by atoms with Gasteiger partial charge in [-0.3, -0.25) is 0 Å². The largest absolute Gasteiger partial charge is 0.307 e. The van der Waals surface area contributed by atoms with E-state index in [4.69, 9.17) is 4.98 Å². The monoisotopic (exact) mass is 743 g/mol. The van der Waals surface area contributed by atoms with Crippen LogP contribution in [0, 0.1) is 0 Å². The topological polar surface area (TPSA) is 22.8 Å². The molecule has 8 aromatic carbocycles. The summed E-state index contributed by atoms with van der Waals surface area (Å²) < 4.78 is 7.56. The van der Waals surface area contributed by atoms with Crippen LogP contribution in [0.4, 0.5) is 0 Å². The first-order valence-corrected chi connectivity index (χ1v) is 20.2. The normalized spacial score (nSPS) is 11.9. The van der Waals surface area contributed by atoms with Crippen molar-refractivity contribution in [3.8, 4) is 45.0 Å². The zero-order valence-electron chi connectivity index (χ0n) is 30.8. The number of hydrogen-bond donors (Lipinski definition) is 0. The van der Waals surface area contributed by atoms with Crippen LogP contribution in [0.15, 0.2) is 200 Å². The number of rotatable bonds is 5. The standard InChI is InChI=1S/C53H33N3S/c1-3-17-34(18-4-1)43-31-36(32-44(54-43)35-19-5-2-6-20-35)51-52(56-47-28-14-9-23-39(47)40-24-10-15-29-48(40)56)49(33-42-41-25-11-16-30-50(41)57-53(42)51)55-45-26-12-7-21-37(45)38-22-8-13-27-46(38)55/h1-33H. The number of hydrogen-bond acceptors (Lipinski definition) is 2. The molecule has 4 heterocycles. The van der Waals surface area contributed by atoms with Gasteiger partial charge in [-0.25, -0.2) is 4.98 Å². The van der Waals surface area contributed by atoms with Crippen molar-refractivity contribution in [2.45, 2.75) is 0 Å². The highest BCUT2D eigenvalue weighted by Gasteiger charge is 2.27. The summed E-state index contributed by atoms with van der Waals surface area (Å²) >= 11 is 1.88. The quantitative estimate of drug-likeness (QED) is 0.172. The summed E-state index contributed by atoms with van der Waals surface area (Å²) in [7, 11) is 0. The van der Waals surface area contributed by atoms with Crippen molar-refractivity contribution in [1.29, 1.82) is 0 Å². The van der Waals surface area contributed by atoms with Crippen molar-refractivity contribution in [3.63, 3.8) is 0 Å². The van der Waals surface area contributed by atoms with Gasteiger partial charge in [0, 0.05) is 58.4 Å². The van der Waals surface area contributed by atoms with Crippen LogP contribution in [0.2, 0.25) is 0 Å². The number of thiophene rings is 1. The number of nitrogens with zero attached hydrogens (tertiary/aromatic N) is 3. The van der Waals surface area contributed by atoms with Gasteiger partial charge < -0.3 is 9.13 Å². The minimum Gasteiger partial charge on any atom is -0.307 e. The summed E-state index contributed by atoms with van der Waals surface area (Å²) in [6.45, 7) is 0. The van der Waals surface area contributed by atoms with E-state index in [-0.39, 0.29) is 0 Å². The van der Waals surface area contributed by atoms with E-state index in [0.717, 1.165) is 39.5 Å². The van der Waals surface area contributed by atoms with Gasteiger partial charge in [-0.15, -0.1) is 11.3 Å². The first-order valence-electron chi connectivity index (χ1n) is 19.4. The summed E-state index contributed by atoms with van der Waals surface area (Å²) in [5.74, 6) is 0. The van der Waals surface area contributed by atoms with Gasteiger partial charge in [0.05, 0.1) is 44.8 Å². The SMILES string of the molecule is c1ccc(-c2cc(-c3c(-n4c5ccccc5c5ccccc54)c(-n4c5ccccc5c5ccccc54)cc4c3sc3ccccc34)cc(-c3ccccc3)n2)cc1. The van der Waals surface area contributed by atoms with Crippen molar-refractivity contribution in [1.82, 2.24) is 14.1 Å². The molecule has 266 valence electrons. The van der Waals surface area contributed by atoms with E-state index < -0.39 is 0 Å². The average molecular weight is 744 g/mol. The molecule has 0 amide bonds. The van der Waals surface area contributed by atoms with Crippen LogP contribution in [0.5, 0.6) is 0 Å². The molecule has 0 aliphatic heterocycles. The van der Waals surface area contributed by atoms with E-state index in [9.17, 15) is 0 Å². The molecule has 0 N–H and O–H groups in total. The molecule has 0 saturated heterocycles. The molecular formula is C53H33N3S. The smallest absolute Gasteiger partial charge is 0.0796 e. The van der Waals surface area contributed by atoms with E-state index in [1.807, 2.05) is 11.3 Å². The number of benzene rings is 8. The third kappa shape index (κ3) is 4.88. The summed E-state index contributed by atoms with van der Waals surface area (Å²) in [6, 6.07) is 72.6. The minimum absolute atomic E-state index is 0.941. The average Bonchev–Trinajstić information content (AvgIpc) is 3.94. The van der Waals surface area contributed by atoms with Gasteiger partial charge in [0.15, 0.2) is 0 Å². The first kappa shape index (κ1) is 32.0. The Morgan fingerprint density at radius 2 is 0.772 bits per heavy atom. The number of pyridine rings is 1. The van der Waals surface area contributed by atoms with Crippen LogP contribution in [-0.2, 0) is 0 Å². The number of fused-ring (bicyclic) bond motifs is 9. The molecule has 0 saturated carbocycles. The molecule has 0 fully saturated rings. The second-order valence-corrected chi connectivity index (χ2v) is 15.7. The highest BCUT2D eigenvalue weighted by atomic mass is 32.1. The predicted octanol–water partition coefficient (Wildman–Crippen LogP) is 14.6. The van der Waals surface area contributed by atoms with Gasteiger partial charge in [0.2, 0.25) is 0 Å². The molecule has 4 aromatic heterocycles. The van der Waals surface area contributed by atoms with Gasteiger partial charge in [-0.2, -0.15) is 0 Å². The summed E-state index contributed by atoms with van der Waals surface area (Å²) in [5, 5.41) is 7.43. The van der Waals surface area contributed by atoms with Gasteiger partial charge in [0.1, 0.15) is 0 Å². The van der Waals surface area contributed by atoms with Gasteiger partial charge in [-0.1, -0.05) is 152 Å². The van der Waals surface area contributed by atoms with E-state index in [1.165, 1.54) is 69.3 Å². The van der Waals surface area contributed by atoms with E-state index in [2.05, 4.69) is 209 Å². The Labute approximate surface area is 333 Å². The van der Waals surface area contributed by atoms with E-state index >= 15 is 0 Å². The maximum atomic E-state index is 5.36. The highest BCUT2D eigenvalue weighted by molar-refractivity contribution is 7.26. The van der Waals surface area contributed by atoms with Crippen molar-refractivity contribution >= 4 is 75.1 Å². The zero-order valence-corrected chi connectivity index (χ0v) is 31.6. The Hall–Kier alpha value is -7.27. The lowest BCUT2D eigenvalue weighted by Crippen LogP contribution is -2.06. The molecular weight excluding hydrogens is 711 g/mol. The van der Waals surface area contributed by atoms with Crippen LogP contribution in [0.1, 0.15) is 0 Å². The van der Waals surface area contributed by atoms with Crippen molar-refractivity contribution < 1.29 is 0 Å². The van der Waals surface area contributed by atoms with Crippen LogP contribution >= 0.6 is 11.3 Å². The van der Waals surface area contributed by atoms with Crippen LogP contribution in [0.3, 0.4) is 0 Å². The summed E-state index contributed by atoms with van der Waals surface area (Å²) in [5.41, 5.74) is 13.3. The zero-order chi connectivity index (χ0) is 37.5. The summed E-state index contributed by atoms with van der Waals surface area (Å²) in [6.07, 6.45) is 0. The first-order chi connectivity index (χ1) is 28.3. The second kappa shape index (κ2) is 12.6.